The van der Waals surface area contributed by atoms with E-state index in [1.165, 1.54) is 6.92 Å². The van der Waals surface area contributed by atoms with Gasteiger partial charge in [-0.3, -0.25) is 4.79 Å². The second kappa shape index (κ2) is 7.67. The van der Waals surface area contributed by atoms with Crippen LogP contribution in [0.3, 0.4) is 0 Å². The van der Waals surface area contributed by atoms with Crippen LogP contribution in [0.1, 0.15) is 42.9 Å². The Kier molecular flexibility index (Phi) is 5.03. The van der Waals surface area contributed by atoms with Crippen LogP contribution in [0.2, 0.25) is 0 Å². The average Bonchev–Trinajstić information content (AvgIpc) is 3.32. The molecular formula is C23H23N3O4. The summed E-state index contributed by atoms with van der Waals surface area (Å²) in [5, 5.41) is 9.71. The molecule has 7 heteroatoms. The number of anilines is 1. The van der Waals surface area contributed by atoms with Gasteiger partial charge < -0.3 is 14.5 Å². The van der Waals surface area contributed by atoms with Crippen LogP contribution in [0.15, 0.2) is 53.1 Å². The van der Waals surface area contributed by atoms with Crippen molar-refractivity contribution in [2.45, 2.75) is 39.8 Å². The number of nitrogens with one attached hydrogen (secondary N) is 1. The number of fused-ring (bicyclic) bond motifs is 3. The number of aromatic nitrogens is 2. The standard InChI is InChI=1S/C23H23N3O4/c1-13(2)26-19(11-12-24-26)25-22(27)15(4)29-23(28)20-14(3)17-10-9-16-7-5-6-8-18(16)21(17)30-20/h5-13,15H,1-4H3,(H,25,27)/t15-/m0/s1. The van der Waals surface area contributed by atoms with Crippen molar-refractivity contribution in [3.05, 3.63) is 60.0 Å². The number of carbonyl (C=O) groups excluding carboxylic acids is 2. The quantitative estimate of drug-likeness (QED) is 0.479. The summed E-state index contributed by atoms with van der Waals surface area (Å²) in [6.45, 7) is 7.25. The zero-order chi connectivity index (χ0) is 21.4. The zero-order valence-electron chi connectivity index (χ0n) is 17.3. The largest absolute Gasteiger partial charge is 0.448 e. The first kappa shape index (κ1) is 19.7. The highest BCUT2D eigenvalue weighted by molar-refractivity contribution is 6.08. The van der Waals surface area contributed by atoms with Crippen molar-refractivity contribution in [1.82, 2.24) is 9.78 Å². The maximum absolute atomic E-state index is 12.8. The number of carbonyl (C=O) groups is 2. The molecule has 0 saturated heterocycles. The number of nitrogens with zero attached hydrogens (tertiary/aromatic N) is 2. The summed E-state index contributed by atoms with van der Waals surface area (Å²) in [6.07, 6.45) is 0.603. The van der Waals surface area contributed by atoms with Crippen molar-refractivity contribution in [2.75, 3.05) is 5.32 Å². The summed E-state index contributed by atoms with van der Waals surface area (Å²) in [5.41, 5.74) is 1.32. The number of rotatable bonds is 5. The third kappa shape index (κ3) is 3.43. The molecule has 2 aromatic heterocycles. The number of furan rings is 1. The van der Waals surface area contributed by atoms with Gasteiger partial charge in [0, 0.05) is 28.4 Å². The van der Waals surface area contributed by atoms with Crippen LogP contribution in [-0.4, -0.2) is 27.8 Å². The van der Waals surface area contributed by atoms with Crippen LogP contribution in [0.5, 0.6) is 0 Å². The number of benzene rings is 2. The Morgan fingerprint density at radius 3 is 2.60 bits per heavy atom. The van der Waals surface area contributed by atoms with Crippen molar-refractivity contribution >= 4 is 39.4 Å². The molecule has 0 fully saturated rings. The monoisotopic (exact) mass is 405 g/mol. The van der Waals surface area contributed by atoms with Gasteiger partial charge >= 0.3 is 5.97 Å². The highest BCUT2D eigenvalue weighted by Crippen LogP contribution is 2.32. The fourth-order valence-electron chi connectivity index (χ4n) is 3.46. The summed E-state index contributed by atoms with van der Waals surface area (Å²) < 4.78 is 13.0. The molecule has 0 aliphatic carbocycles. The summed E-state index contributed by atoms with van der Waals surface area (Å²) in [4.78, 5) is 25.3. The van der Waals surface area contributed by atoms with Gasteiger partial charge in [-0.05, 0) is 33.1 Å². The number of amides is 1. The lowest BCUT2D eigenvalue weighted by atomic mass is 10.1. The minimum Gasteiger partial charge on any atom is -0.448 e. The van der Waals surface area contributed by atoms with E-state index in [1.54, 1.807) is 16.9 Å². The summed E-state index contributed by atoms with van der Waals surface area (Å²) in [7, 11) is 0. The van der Waals surface area contributed by atoms with Gasteiger partial charge in [-0.2, -0.15) is 5.10 Å². The lowest BCUT2D eigenvalue weighted by Gasteiger charge is -2.15. The summed E-state index contributed by atoms with van der Waals surface area (Å²) >= 11 is 0. The van der Waals surface area contributed by atoms with Crippen molar-refractivity contribution in [3.8, 4) is 0 Å². The highest BCUT2D eigenvalue weighted by Gasteiger charge is 2.25. The molecule has 7 nitrogen and oxygen atoms in total. The normalized spacial score (nSPS) is 12.4. The van der Waals surface area contributed by atoms with Gasteiger partial charge in [-0.25, -0.2) is 9.48 Å². The molecule has 154 valence electrons. The van der Waals surface area contributed by atoms with Crippen LogP contribution in [0.25, 0.3) is 21.7 Å². The molecule has 0 saturated carbocycles. The molecule has 0 unspecified atom stereocenters. The average molecular weight is 405 g/mol. The Bertz CT molecular complexity index is 1250. The first-order valence-electron chi connectivity index (χ1n) is 9.83. The molecule has 2 aromatic carbocycles. The van der Waals surface area contributed by atoms with E-state index in [2.05, 4.69) is 10.4 Å². The van der Waals surface area contributed by atoms with Gasteiger partial charge in [0.2, 0.25) is 5.76 Å². The van der Waals surface area contributed by atoms with E-state index in [0.717, 1.165) is 16.2 Å². The van der Waals surface area contributed by atoms with Gasteiger partial charge in [0.15, 0.2) is 6.10 Å². The molecule has 1 amide bonds. The predicted octanol–water partition coefficient (Wildman–Crippen LogP) is 4.86. The van der Waals surface area contributed by atoms with E-state index in [9.17, 15) is 9.59 Å². The Hall–Kier alpha value is -3.61. The molecular weight excluding hydrogens is 382 g/mol. The number of hydrogen-bond acceptors (Lipinski definition) is 5. The lowest BCUT2D eigenvalue weighted by molar-refractivity contribution is -0.123. The molecule has 0 aliphatic rings. The maximum atomic E-state index is 12.8. The van der Waals surface area contributed by atoms with E-state index in [4.69, 9.17) is 9.15 Å². The summed E-state index contributed by atoms with van der Waals surface area (Å²) in [5.74, 6) is -0.463. The van der Waals surface area contributed by atoms with E-state index in [0.29, 0.717) is 17.0 Å². The van der Waals surface area contributed by atoms with Crippen molar-refractivity contribution < 1.29 is 18.7 Å². The molecule has 4 aromatic rings. The third-order valence-corrected chi connectivity index (χ3v) is 5.08. The van der Waals surface area contributed by atoms with Gasteiger partial charge in [-0.1, -0.05) is 36.4 Å². The number of hydrogen-bond donors (Lipinski definition) is 1. The van der Waals surface area contributed by atoms with Crippen LogP contribution >= 0.6 is 0 Å². The van der Waals surface area contributed by atoms with E-state index >= 15 is 0 Å². The van der Waals surface area contributed by atoms with Gasteiger partial charge in [-0.15, -0.1) is 0 Å². The Morgan fingerprint density at radius 2 is 1.83 bits per heavy atom. The van der Waals surface area contributed by atoms with E-state index < -0.39 is 18.0 Å². The van der Waals surface area contributed by atoms with Gasteiger partial charge in [0.05, 0.1) is 6.20 Å². The Balaban J connectivity index is 1.55. The van der Waals surface area contributed by atoms with E-state index in [-0.39, 0.29) is 11.8 Å². The van der Waals surface area contributed by atoms with Gasteiger partial charge in [0.1, 0.15) is 11.4 Å². The molecule has 0 spiro atoms. The Morgan fingerprint density at radius 1 is 1.07 bits per heavy atom. The minimum atomic E-state index is -1.00. The molecule has 30 heavy (non-hydrogen) atoms. The summed E-state index contributed by atoms with van der Waals surface area (Å²) in [6, 6.07) is 13.5. The van der Waals surface area contributed by atoms with Crippen LogP contribution in [0, 0.1) is 6.92 Å². The predicted molar refractivity (Wildman–Crippen MR) is 115 cm³/mol. The lowest BCUT2D eigenvalue weighted by Crippen LogP contribution is -2.31. The Labute approximate surface area is 173 Å². The molecule has 4 rings (SSSR count). The molecule has 0 aliphatic heterocycles. The number of ether oxygens (including phenoxy) is 1. The number of aryl methyl sites for hydroxylation is 1. The first-order chi connectivity index (χ1) is 14.4. The topological polar surface area (TPSA) is 86.4 Å². The highest BCUT2D eigenvalue weighted by atomic mass is 16.6. The van der Waals surface area contributed by atoms with Crippen molar-refractivity contribution in [3.63, 3.8) is 0 Å². The molecule has 1 atom stereocenters. The molecule has 0 radical (unpaired) electrons. The van der Waals surface area contributed by atoms with E-state index in [1.807, 2.05) is 57.2 Å². The van der Waals surface area contributed by atoms with Crippen LogP contribution in [0.4, 0.5) is 5.82 Å². The molecule has 2 heterocycles. The SMILES string of the molecule is Cc1c(C(=O)O[C@@H](C)C(=O)Nc2ccnn2C(C)C)oc2c1ccc1ccccc12. The molecule has 0 bridgehead atoms. The van der Waals surface area contributed by atoms with Crippen LogP contribution < -0.4 is 5.32 Å². The molecule has 1 N–H and O–H groups in total. The second-order valence-electron chi connectivity index (χ2n) is 7.51. The fourth-order valence-corrected chi connectivity index (χ4v) is 3.46. The zero-order valence-corrected chi connectivity index (χ0v) is 17.3. The third-order valence-electron chi connectivity index (χ3n) is 5.08. The second-order valence-corrected chi connectivity index (χ2v) is 7.51. The van der Waals surface area contributed by atoms with Crippen molar-refractivity contribution in [1.29, 1.82) is 0 Å². The fraction of sp³-hybridized carbons (Fsp3) is 0.261. The van der Waals surface area contributed by atoms with Gasteiger partial charge in [0.25, 0.3) is 5.91 Å². The minimum absolute atomic E-state index is 0.0844. The number of esters is 1. The van der Waals surface area contributed by atoms with Crippen molar-refractivity contribution in [2.24, 2.45) is 0 Å². The first-order valence-corrected chi connectivity index (χ1v) is 9.83. The maximum Gasteiger partial charge on any atom is 0.375 e. The van der Waals surface area contributed by atoms with Crippen LogP contribution in [-0.2, 0) is 9.53 Å². The smallest absolute Gasteiger partial charge is 0.375 e.